The first-order valence-corrected chi connectivity index (χ1v) is 10.4. The van der Waals surface area contributed by atoms with Crippen LogP contribution in [0.3, 0.4) is 0 Å². The van der Waals surface area contributed by atoms with E-state index in [9.17, 15) is 0 Å². The molecule has 1 atom stereocenters. The number of para-hydroxylation sites is 1. The van der Waals surface area contributed by atoms with Crippen molar-refractivity contribution in [3.05, 3.63) is 89.7 Å². The first-order chi connectivity index (χ1) is 14.7. The van der Waals surface area contributed by atoms with Gasteiger partial charge in [0.1, 0.15) is 0 Å². The Labute approximate surface area is 180 Å². The zero-order chi connectivity index (χ0) is 21.5. The molecule has 2 N–H and O–H groups in total. The second kappa shape index (κ2) is 9.85. The Bertz CT molecular complexity index is 1110. The van der Waals surface area contributed by atoms with Gasteiger partial charge in [0, 0.05) is 34.4 Å². The Balaban J connectivity index is 0.000000473. The van der Waals surface area contributed by atoms with Crippen LogP contribution in [0.5, 0.6) is 0 Å². The lowest BCUT2D eigenvalue weighted by Crippen LogP contribution is -2.01. The van der Waals surface area contributed by atoms with Gasteiger partial charge >= 0.3 is 0 Å². The fourth-order valence-electron chi connectivity index (χ4n) is 4.08. The lowest BCUT2D eigenvalue weighted by molar-refractivity contribution is 0.720. The van der Waals surface area contributed by atoms with E-state index < -0.39 is 0 Å². The van der Waals surface area contributed by atoms with Crippen molar-refractivity contribution in [2.24, 2.45) is 5.92 Å². The molecular weight excluding hydrogens is 364 g/mol. The molecule has 2 aliphatic rings. The Morgan fingerprint density at radius 3 is 2.73 bits per heavy atom. The third-order valence-electron chi connectivity index (χ3n) is 5.45. The molecule has 2 nitrogen and oxygen atoms in total. The fraction of sp³-hybridized carbons (Fsp3) is 0.214. The summed E-state index contributed by atoms with van der Waals surface area (Å²) in [5.41, 5.74) is 9.42. The maximum Gasteiger partial charge on any atom is 0.0461 e. The molecule has 0 fully saturated rings. The molecule has 0 bridgehead atoms. The van der Waals surface area contributed by atoms with Gasteiger partial charge in [0.25, 0.3) is 0 Å². The monoisotopic (exact) mass is 394 g/mol. The van der Waals surface area contributed by atoms with Crippen molar-refractivity contribution in [2.75, 3.05) is 11.9 Å². The molecule has 0 radical (unpaired) electrons. The summed E-state index contributed by atoms with van der Waals surface area (Å²) in [6.07, 6.45) is 18.8. The third-order valence-corrected chi connectivity index (χ3v) is 5.45. The Morgan fingerprint density at radius 1 is 1.17 bits per heavy atom. The highest BCUT2D eigenvalue weighted by atomic mass is 14.9. The number of aromatic nitrogens is 1. The van der Waals surface area contributed by atoms with Crippen LogP contribution in [-0.4, -0.2) is 11.5 Å². The van der Waals surface area contributed by atoms with Crippen molar-refractivity contribution in [1.82, 2.24) is 4.98 Å². The smallest absolute Gasteiger partial charge is 0.0461 e. The van der Waals surface area contributed by atoms with Crippen LogP contribution in [0.4, 0.5) is 5.69 Å². The van der Waals surface area contributed by atoms with Crippen LogP contribution < -0.4 is 5.32 Å². The largest absolute Gasteiger partial charge is 0.380 e. The van der Waals surface area contributed by atoms with E-state index in [4.69, 9.17) is 0 Å². The highest BCUT2D eigenvalue weighted by molar-refractivity contribution is 5.89. The normalized spacial score (nSPS) is 17.1. The first-order valence-electron chi connectivity index (χ1n) is 10.4. The van der Waals surface area contributed by atoms with Crippen molar-refractivity contribution < 1.29 is 0 Å². The first kappa shape index (κ1) is 21.3. The number of fused-ring (bicyclic) bond motifs is 4. The highest BCUT2D eigenvalue weighted by Gasteiger charge is 2.16. The summed E-state index contributed by atoms with van der Waals surface area (Å²) in [6.45, 7) is 8.47. The summed E-state index contributed by atoms with van der Waals surface area (Å²) >= 11 is 0. The van der Waals surface area contributed by atoms with Gasteiger partial charge in [-0.2, -0.15) is 0 Å². The summed E-state index contributed by atoms with van der Waals surface area (Å²) in [5, 5.41) is 4.87. The average Bonchev–Trinajstić information content (AvgIpc) is 3.35. The van der Waals surface area contributed by atoms with Crippen molar-refractivity contribution >= 4 is 28.2 Å². The Morgan fingerprint density at radius 2 is 1.93 bits per heavy atom. The van der Waals surface area contributed by atoms with Crippen LogP contribution >= 0.6 is 0 Å². The minimum absolute atomic E-state index is 0.623. The van der Waals surface area contributed by atoms with E-state index in [1.807, 2.05) is 6.92 Å². The summed E-state index contributed by atoms with van der Waals surface area (Å²) in [5.74, 6) is 0.623. The maximum atomic E-state index is 4.00. The molecule has 0 spiro atoms. The van der Waals surface area contributed by atoms with Crippen LogP contribution in [0.2, 0.25) is 0 Å². The fourth-order valence-corrected chi connectivity index (χ4v) is 4.08. The van der Waals surface area contributed by atoms with E-state index in [1.165, 1.54) is 44.5 Å². The van der Waals surface area contributed by atoms with Gasteiger partial charge in [-0.05, 0) is 66.7 Å². The van der Waals surface area contributed by atoms with E-state index >= 15 is 0 Å². The molecule has 1 unspecified atom stereocenters. The lowest BCUT2D eigenvalue weighted by atomic mass is 9.92. The van der Waals surface area contributed by atoms with Gasteiger partial charge in [0.05, 0.1) is 0 Å². The molecule has 5 rings (SSSR count). The number of allylic oxidation sites excluding steroid dienone is 3. The SMILES string of the molecule is C#C.C=CC.CC1C=Cc2[nH]c3ccc(C/C=C4\CNc5ccccc54)cc3c2C1. The van der Waals surface area contributed by atoms with Gasteiger partial charge < -0.3 is 10.3 Å². The van der Waals surface area contributed by atoms with E-state index in [-0.39, 0.29) is 0 Å². The van der Waals surface area contributed by atoms with Gasteiger partial charge in [-0.15, -0.1) is 19.4 Å². The lowest BCUT2D eigenvalue weighted by Gasteiger charge is -2.12. The number of hydrogen-bond donors (Lipinski definition) is 2. The van der Waals surface area contributed by atoms with Crippen LogP contribution in [0, 0.1) is 18.8 Å². The van der Waals surface area contributed by atoms with Gasteiger partial charge in [0.15, 0.2) is 0 Å². The Hall–Kier alpha value is -3.44. The summed E-state index contributed by atoms with van der Waals surface area (Å²) in [7, 11) is 0. The molecule has 30 heavy (non-hydrogen) atoms. The Kier molecular flexibility index (Phi) is 6.99. The van der Waals surface area contributed by atoms with Crippen molar-refractivity contribution in [3.8, 4) is 12.8 Å². The molecule has 1 aliphatic carbocycles. The molecule has 1 aromatic heterocycles. The number of H-pyrrole nitrogens is 1. The molecule has 1 aliphatic heterocycles. The minimum Gasteiger partial charge on any atom is -0.380 e. The van der Waals surface area contributed by atoms with Crippen LogP contribution in [0.1, 0.15) is 36.2 Å². The molecule has 2 aromatic carbocycles. The van der Waals surface area contributed by atoms with Crippen LogP contribution in [-0.2, 0) is 12.8 Å². The highest BCUT2D eigenvalue weighted by Crippen LogP contribution is 2.32. The number of rotatable bonds is 2. The molecular formula is C28H30N2. The van der Waals surface area contributed by atoms with E-state index in [0.29, 0.717) is 5.92 Å². The zero-order valence-electron chi connectivity index (χ0n) is 17.9. The summed E-state index contributed by atoms with van der Waals surface area (Å²) in [4.78, 5) is 3.56. The summed E-state index contributed by atoms with van der Waals surface area (Å²) in [6, 6.07) is 15.4. The molecule has 0 saturated heterocycles. The molecule has 3 aromatic rings. The molecule has 0 amide bonds. The van der Waals surface area contributed by atoms with Crippen molar-refractivity contribution in [2.45, 2.75) is 26.7 Å². The molecule has 2 heterocycles. The number of terminal acetylenes is 1. The van der Waals surface area contributed by atoms with E-state index in [0.717, 1.165) is 19.4 Å². The van der Waals surface area contributed by atoms with Crippen LogP contribution in [0.15, 0.2) is 67.3 Å². The molecule has 0 saturated carbocycles. The van der Waals surface area contributed by atoms with Crippen molar-refractivity contribution in [3.63, 3.8) is 0 Å². The van der Waals surface area contributed by atoms with Crippen LogP contribution in [0.25, 0.3) is 22.6 Å². The number of aromatic amines is 1. The van der Waals surface area contributed by atoms with Gasteiger partial charge in [-0.25, -0.2) is 0 Å². The second-order valence-electron chi connectivity index (χ2n) is 7.68. The van der Waals surface area contributed by atoms with E-state index in [2.05, 4.69) is 97.3 Å². The number of anilines is 1. The topological polar surface area (TPSA) is 27.8 Å². The van der Waals surface area contributed by atoms with E-state index in [1.54, 1.807) is 6.08 Å². The average molecular weight is 395 g/mol. The van der Waals surface area contributed by atoms with Gasteiger partial charge in [0.2, 0.25) is 0 Å². The zero-order valence-corrected chi connectivity index (χ0v) is 17.9. The minimum atomic E-state index is 0.623. The third kappa shape index (κ3) is 4.42. The molecule has 2 heteroatoms. The van der Waals surface area contributed by atoms with Gasteiger partial charge in [-0.1, -0.05) is 49.4 Å². The predicted octanol–water partition coefficient (Wildman–Crippen LogP) is 6.87. The maximum absolute atomic E-state index is 4.00. The summed E-state index contributed by atoms with van der Waals surface area (Å²) < 4.78 is 0. The quantitative estimate of drug-likeness (QED) is 0.360. The standard InChI is InChI=1S/C23H22N2.C3H6.C2H2/c1-15-6-10-22-19(12-15)20-13-16(8-11-23(20)25-22)7-9-17-14-24-21-5-3-2-4-18(17)21;1-3-2;1-2/h2-6,8-11,13,15,24-25H,7,12,14H2,1H3;3H,1H2,2H3;1-2H/b17-9+;;. The van der Waals surface area contributed by atoms with Gasteiger partial charge in [-0.3, -0.25) is 0 Å². The number of nitrogens with one attached hydrogen (secondary N) is 2. The predicted molar refractivity (Wildman–Crippen MR) is 133 cm³/mol. The van der Waals surface area contributed by atoms with Crippen molar-refractivity contribution in [1.29, 1.82) is 0 Å². The number of hydrogen-bond acceptors (Lipinski definition) is 1. The number of benzene rings is 2. The second-order valence-corrected chi connectivity index (χ2v) is 7.68. The molecule has 152 valence electrons.